The molecule has 0 bridgehead atoms. The molecule has 0 unspecified atom stereocenters. The van der Waals surface area contributed by atoms with Gasteiger partial charge in [0.2, 0.25) is 5.88 Å². The van der Waals surface area contributed by atoms with Crippen LogP contribution in [-0.2, 0) is 0 Å². The van der Waals surface area contributed by atoms with Crippen molar-refractivity contribution in [2.75, 3.05) is 5.73 Å². The summed E-state index contributed by atoms with van der Waals surface area (Å²) in [6.45, 7) is 3.95. The molecule has 2 rings (SSSR count). The number of aromatic nitrogens is 3. The number of nitrogens with two attached hydrogens (primary N) is 1. The third-order valence-corrected chi connectivity index (χ3v) is 2.35. The lowest BCUT2D eigenvalue weighted by atomic mass is 10.4. The molecular formula is C11H13N5O3. The summed E-state index contributed by atoms with van der Waals surface area (Å²) in [6.07, 6.45) is 3.19. The lowest BCUT2D eigenvalue weighted by Gasteiger charge is -2.04. The van der Waals surface area contributed by atoms with E-state index in [1.165, 1.54) is 18.3 Å². The molecule has 2 aromatic heterocycles. The minimum absolute atomic E-state index is 0.0282. The van der Waals surface area contributed by atoms with E-state index in [4.69, 9.17) is 10.5 Å². The average molecular weight is 263 g/mol. The Morgan fingerprint density at radius 2 is 2.21 bits per heavy atom. The predicted octanol–water partition coefficient (Wildman–Crippen LogP) is 2.14. The molecule has 0 radical (unpaired) electrons. The Bertz CT molecular complexity index is 608. The van der Waals surface area contributed by atoms with Gasteiger partial charge in [0.15, 0.2) is 5.75 Å². The molecule has 2 aromatic rings. The Morgan fingerprint density at radius 3 is 2.79 bits per heavy atom. The Morgan fingerprint density at radius 1 is 1.47 bits per heavy atom. The summed E-state index contributed by atoms with van der Waals surface area (Å²) < 4.78 is 7.11. The Balaban J connectivity index is 2.24. The van der Waals surface area contributed by atoms with E-state index >= 15 is 0 Å². The maximum absolute atomic E-state index is 10.7. The van der Waals surface area contributed by atoms with E-state index in [9.17, 15) is 10.1 Å². The normalized spacial score (nSPS) is 10.7. The van der Waals surface area contributed by atoms with Crippen molar-refractivity contribution in [1.82, 2.24) is 14.8 Å². The van der Waals surface area contributed by atoms with Crippen molar-refractivity contribution in [3.63, 3.8) is 0 Å². The van der Waals surface area contributed by atoms with Crippen molar-refractivity contribution in [2.45, 2.75) is 19.9 Å². The monoisotopic (exact) mass is 263 g/mol. The molecule has 0 spiro atoms. The molecule has 0 aliphatic heterocycles. The van der Waals surface area contributed by atoms with Crippen LogP contribution in [0, 0.1) is 10.1 Å². The van der Waals surface area contributed by atoms with Gasteiger partial charge in [0, 0.05) is 6.04 Å². The first kappa shape index (κ1) is 12.8. The topological polar surface area (TPSA) is 109 Å². The van der Waals surface area contributed by atoms with Crippen LogP contribution in [0.5, 0.6) is 11.6 Å². The van der Waals surface area contributed by atoms with E-state index in [1.54, 1.807) is 10.9 Å². The second kappa shape index (κ2) is 4.92. The Labute approximate surface area is 109 Å². The molecule has 2 heterocycles. The number of pyridine rings is 1. The summed E-state index contributed by atoms with van der Waals surface area (Å²) in [7, 11) is 0. The van der Waals surface area contributed by atoms with Gasteiger partial charge in [0.25, 0.3) is 5.69 Å². The van der Waals surface area contributed by atoms with Gasteiger partial charge < -0.3 is 10.5 Å². The second-order valence-electron chi connectivity index (χ2n) is 4.20. The third-order valence-electron chi connectivity index (χ3n) is 2.35. The van der Waals surface area contributed by atoms with Gasteiger partial charge in [-0.1, -0.05) is 0 Å². The molecule has 0 saturated heterocycles. The molecular weight excluding hydrogens is 250 g/mol. The first-order valence-corrected chi connectivity index (χ1v) is 5.59. The van der Waals surface area contributed by atoms with Crippen LogP contribution in [0.4, 0.5) is 11.5 Å². The van der Waals surface area contributed by atoms with Gasteiger partial charge in [0.1, 0.15) is 5.82 Å². The fourth-order valence-corrected chi connectivity index (χ4v) is 1.45. The number of nitrogen functional groups attached to an aromatic ring is 1. The van der Waals surface area contributed by atoms with Crippen LogP contribution in [-0.4, -0.2) is 19.7 Å². The lowest BCUT2D eigenvalue weighted by Crippen LogP contribution is -2.00. The Hall–Kier alpha value is -2.64. The van der Waals surface area contributed by atoms with Crippen LogP contribution >= 0.6 is 0 Å². The highest BCUT2D eigenvalue weighted by Gasteiger charge is 2.12. The first-order chi connectivity index (χ1) is 8.95. The minimum atomic E-state index is -0.553. The van der Waals surface area contributed by atoms with Gasteiger partial charge in [-0.05, 0) is 13.8 Å². The van der Waals surface area contributed by atoms with Crippen LogP contribution in [0.25, 0.3) is 0 Å². The third kappa shape index (κ3) is 2.97. The molecule has 8 heteroatoms. The number of hydrogen-bond donors (Lipinski definition) is 1. The van der Waals surface area contributed by atoms with E-state index in [1.807, 2.05) is 13.8 Å². The van der Waals surface area contributed by atoms with Crippen LogP contribution < -0.4 is 10.5 Å². The highest BCUT2D eigenvalue weighted by molar-refractivity contribution is 5.46. The largest absolute Gasteiger partial charge is 0.435 e. The summed E-state index contributed by atoms with van der Waals surface area (Å²) in [5, 5.41) is 14.8. The summed E-state index contributed by atoms with van der Waals surface area (Å²) >= 11 is 0. The number of anilines is 1. The highest BCUT2D eigenvalue weighted by Crippen LogP contribution is 2.25. The standard InChI is InChI=1S/C11H13N5O3/c1-7(2)15-6-9(5-13-15)19-11-4-8(16(17)18)3-10(12)14-11/h3-7H,1-2H3,(H2,12,14). The number of hydrogen-bond acceptors (Lipinski definition) is 6. The molecule has 0 fully saturated rings. The Kier molecular flexibility index (Phi) is 3.32. The average Bonchev–Trinajstić information content (AvgIpc) is 2.76. The van der Waals surface area contributed by atoms with E-state index in [2.05, 4.69) is 10.1 Å². The van der Waals surface area contributed by atoms with Crippen molar-refractivity contribution >= 4 is 11.5 Å². The van der Waals surface area contributed by atoms with Crippen molar-refractivity contribution in [3.05, 3.63) is 34.6 Å². The highest BCUT2D eigenvalue weighted by atomic mass is 16.6. The molecule has 2 N–H and O–H groups in total. The molecule has 0 saturated carbocycles. The van der Waals surface area contributed by atoms with Gasteiger partial charge in [-0.3, -0.25) is 14.8 Å². The zero-order valence-electron chi connectivity index (χ0n) is 10.5. The van der Waals surface area contributed by atoms with Gasteiger partial charge in [0.05, 0.1) is 29.4 Å². The molecule has 0 amide bonds. The van der Waals surface area contributed by atoms with Crippen LogP contribution in [0.1, 0.15) is 19.9 Å². The minimum Gasteiger partial charge on any atom is -0.435 e. The maximum Gasteiger partial charge on any atom is 0.278 e. The number of nitro groups is 1. The summed E-state index contributed by atoms with van der Waals surface area (Å²) in [6, 6.07) is 2.58. The summed E-state index contributed by atoms with van der Waals surface area (Å²) in [5.74, 6) is 0.538. The van der Waals surface area contributed by atoms with Gasteiger partial charge in [-0.2, -0.15) is 10.1 Å². The molecule has 19 heavy (non-hydrogen) atoms. The zero-order chi connectivity index (χ0) is 14.0. The number of nitrogens with zero attached hydrogens (tertiary/aromatic N) is 4. The fourth-order valence-electron chi connectivity index (χ4n) is 1.45. The van der Waals surface area contributed by atoms with E-state index in [0.717, 1.165) is 0 Å². The predicted molar refractivity (Wildman–Crippen MR) is 68.0 cm³/mol. The quantitative estimate of drug-likeness (QED) is 0.668. The zero-order valence-corrected chi connectivity index (χ0v) is 10.5. The van der Waals surface area contributed by atoms with Crippen LogP contribution in [0.15, 0.2) is 24.5 Å². The first-order valence-electron chi connectivity index (χ1n) is 5.59. The number of ether oxygens (including phenoxy) is 1. The lowest BCUT2D eigenvalue weighted by molar-refractivity contribution is -0.384. The maximum atomic E-state index is 10.7. The van der Waals surface area contributed by atoms with Crippen molar-refractivity contribution in [1.29, 1.82) is 0 Å². The van der Waals surface area contributed by atoms with Gasteiger partial charge >= 0.3 is 0 Å². The molecule has 0 aliphatic carbocycles. The summed E-state index contributed by atoms with van der Waals surface area (Å²) in [4.78, 5) is 14.0. The van der Waals surface area contributed by atoms with E-state index in [-0.39, 0.29) is 23.4 Å². The van der Waals surface area contributed by atoms with Gasteiger partial charge in [-0.25, -0.2) is 0 Å². The fraction of sp³-hybridized carbons (Fsp3) is 0.273. The molecule has 0 aromatic carbocycles. The van der Waals surface area contributed by atoms with Crippen LogP contribution in [0.3, 0.4) is 0 Å². The number of rotatable bonds is 4. The molecule has 8 nitrogen and oxygen atoms in total. The smallest absolute Gasteiger partial charge is 0.278 e. The second-order valence-corrected chi connectivity index (χ2v) is 4.20. The molecule has 0 atom stereocenters. The molecule has 0 aliphatic rings. The van der Waals surface area contributed by atoms with Crippen molar-refractivity contribution < 1.29 is 9.66 Å². The molecule has 100 valence electrons. The SMILES string of the molecule is CC(C)n1cc(Oc2cc([N+](=O)[O-])cc(N)n2)cn1. The van der Waals surface area contributed by atoms with Crippen molar-refractivity contribution in [2.24, 2.45) is 0 Å². The van der Waals surface area contributed by atoms with Gasteiger partial charge in [-0.15, -0.1) is 0 Å². The van der Waals surface area contributed by atoms with Crippen molar-refractivity contribution in [3.8, 4) is 11.6 Å². The van der Waals surface area contributed by atoms with E-state index < -0.39 is 4.92 Å². The van der Waals surface area contributed by atoms with E-state index in [0.29, 0.717) is 5.75 Å². The van der Waals surface area contributed by atoms with Crippen LogP contribution in [0.2, 0.25) is 0 Å². The summed E-state index contributed by atoms with van der Waals surface area (Å²) in [5.41, 5.74) is 5.32.